The SMILES string of the molecule is CCc1ccc(NC(=O)CN[C@@H](C)c2ccccc2Cl)cc1. The molecule has 0 bridgehead atoms. The highest BCUT2D eigenvalue weighted by atomic mass is 35.5. The molecule has 0 aromatic heterocycles. The van der Waals surface area contributed by atoms with Crippen LogP contribution in [0.1, 0.15) is 31.0 Å². The predicted molar refractivity (Wildman–Crippen MR) is 92.3 cm³/mol. The van der Waals surface area contributed by atoms with Gasteiger partial charge in [0.15, 0.2) is 0 Å². The molecule has 2 aromatic rings. The lowest BCUT2D eigenvalue weighted by atomic mass is 10.1. The largest absolute Gasteiger partial charge is 0.325 e. The van der Waals surface area contributed by atoms with Crippen LogP contribution in [0, 0.1) is 0 Å². The van der Waals surface area contributed by atoms with Gasteiger partial charge in [0, 0.05) is 16.8 Å². The Morgan fingerprint density at radius 3 is 2.45 bits per heavy atom. The quantitative estimate of drug-likeness (QED) is 0.839. The van der Waals surface area contributed by atoms with Gasteiger partial charge in [-0.3, -0.25) is 4.79 Å². The molecule has 0 aliphatic rings. The Morgan fingerprint density at radius 2 is 1.82 bits per heavy atom. The van der Waals surface area contributed by atoms with Crippen LogP contribution in [0.25, 0.3) is 0 Å². The van der Waals surface area contributed by atoms with Gasteiger partial charge < -0.3 is 10.6 Å². The zero-order valence-corrected chi connectivity index (χ0v) is 13.7. The molecule has 2 aromatic carbocycles. The summed E-state index contributed by atoms with van der Waals surface area (Å²) in [6.07, 6.45) is 0.991. The molecule has 2 N–H and O–H groups in total. The average Bonchev–Trinajstić information content (AvgIpc) is 2.54. The minimum Gasteiger partial charge on any atom is -0.325 e. The van der Waals surface area contributed by atoms with E-state index in [1.54, 1.807) is 0 Å². The third-order valence-electron chi connectivity index (χ3n) is 3.59. The van der Waals surface area contributed by atoms with Crippen LogP contribution in [0.3, 0.4) is 0 Å². The number of carbonyl (C=O) groups excluding carboxylic acids is 1. The normalized spacial score (nSPS) is 12.0. The van der Waals surface area contributed by atoms with Gasteiger partial charge in [-0.1, -0.05) is 48.9 Å². The van der Waals surface area contributed by atoms with Crippen molar-refractivity contribution in [1.29, 1.82) is 0 Å². The highest BCUT2D eigenvalue weighted by Gasteiger charge is 2.10. The Hall–Kier alpha value is -1.84. The molecule has 0 radical (unpaired) electrons. The molecule has 0 saturated heterocycles. The Morgan fingerprint density at radius 1 is 1.14 bits per heavy atom. The molecule has 1 amide bonds. The fraction of sp³-hybridized carbons (Fsp3) is 0.278. The minimum atomic E-state index is -0.0665. The van der Waals surface area contributed by atoms with Crippen molar-refractivity contribution in [2.75, 3.05) is 11.9 Å². The van der Waals surface area contributed by atoms with E-state index in [4.69, 9.17) is 11.6 Å². The van der Waals surface area contributed by atoms with Gasteiger partial charge in [0.25, 0.3) is 0 Å². The number of hydrogen-bond donors (Lipinski definition) is 2. The first-order chi connectivity index (χ1) is 10.6. The van der Waals surface area contributed by atoms with Crippen molar-refractivity contribution < 1.29 is 4.79 Å². The molecule has 0 aliphatic carbocycles. The number of carbonyl (C=O) groups is 1. The van der Waals surface area contributed by atoms with Gasteiger partial charge in [-0.25, -0.2) is 0 Å². The van der Waals surface area contributed by atoms with Crippen molar-refractivity contribution in [1.82, 2.24) is 5.32 Å². The lowest BCUT2D eigenvalue weighted by molar-refractivity contribution is -0.115. The molecule has 0 saturated carbocycles. The lowest BCUT2D eigenvalue weighted by Crippen LogP contribution is -2.30. The van der Waals surface area contributed by atoms with E-state index in [0.29, 0.717) is 5.02 Å². The Balaban J connectivity index is 1.85. The minimum absolute atomic E-state index is 0.0157. The highest BCUT2D eigenvalue weighted by Crippen LogP contribution is 2.21. The Kier molecular flexibility index (Phi) is 5.99. The highest BCUT2D eigenvalue weighted by molar-refractivity contribution is 6.31. The van der Waals surface area contributed by atoms with Crippen LogP contribution in [-0.4, -0.2) is 12.5 Å². The number of anilines is 1. The first-order valence-corrected chi connectivity index (χ1v) is 7.84. The van der Waals surface area contributed by atoms with E-state index in [2.05, 4.69) is 17.6 Å². The summed E-state index contributed by atoms with van der Waals surface area (Å²) in [5.74, 6) is -0.0665. The van der Waals surface area contributed by atoms with E-state index in [1.165, 1.54) is 5.56 Å². The topological polar surface area (TPSA) is 41.1 Å². The predicted octanol–water partition coefficient (Wildman–Crippen LogP) is 4.19. The summed E-state index contributed by atoms with van der Waals surface area (Å²) in [5, 5.41) is 6.77. The van der Waals surface area contributed by atoms with Crippen molar-refractivity contribution in [3.05, 3.63) is 64.7 Å². The van der Waals surface area contributed by atoms with Crippen molar-refractivity contribution >= 4 is 23.2 Å². The van der Waals surface area contributed by atoms with Crippen LogP contribution in [0.5, 0.6) is 0 Å². The maximum atomic E-state index is 12.0. The van der Waals surface area contributed by atoms with Gasteiger partial charge >= 0.3 is 0 Å². The Bertz CT molecular complexity index is 625. The molecular formula is C18H21ClN2O. The molecule has 1 atom stereocenters. The molecule has 0 fully saturated rings. The maximum Gasteiger partial charge on any atom is 0.238 e. The second-order valence-corrected chi connectivity index (χ2v) is 5.63. The standard InChI is InChI=1S/C18H21ClN2O/c1-3-14-8-10-15(11-9-14)21-18(22)12-20-13(2)16-6-4-5-7-17(16)19/h4-11,13,20H,3,12H2,1-2H3,(H,21,22)/t13-/m0/s1. The summed E-state index contributed by atoms with van der Waals surface area (Å²) in [6, 6.07) is 15.6. The van der Waals surface area contributed by atoms with Crippen LogP contribution in [0.2, 0.25) is 5.02 Å². The molecule has 2 rings (SSSR count). The first kappa shape index (κ1) is 16.5. The van der Waals surface area contributed by atoms with Crippen molar-refractivity contribution in [2.24, 2.45) is 0 Å². The summed E-state index contributed by atoms with van der Waals surface area (Å²) in [4.78, 5) is 12.0. The Labute approximate surface area is 136 Å². The van der Waals surface area contributed by atoms with Gasteiger partial charge in [0.05, 0.1) is 6.54 Å². The summed E-state index contributed by atoms with van der Waals surface area (Å²) in [5.41, 5.74) is 3.06. The molecule has 0 heterocycles. The number of rotatable bonds is 6. The third kappa shape index (κ3) is 4.58. The molecular weight excluding hydrogens is 296 g/mol. The van der Waals surface area contributed by atoms with Crippen LogP contribution in [0.15, 0.2) is 48.5 Å². The number of amides is 1. The molecule has 3 nitrogen and oxygen atoms in total. The van der Waals surface area contributed by atoms with Gasteiger partial charge in [0.1, 0.15) is 0 Å². The zero-order valence-electron chi connectivity index (χ0n) is 12.9. The average molecular weight is 317 g/mol. The molecule has 0 aliphatic heterocycles. The van der Waals surface area contributed by atoms with Crippen LogP contribution in [-0.2, 0) is 11.2 Å². The van der Waals surface area contributed by atoms with E-state index in [-0.39, 0.29) is 18.5 Å². The summed E-state index contributed by atoms with van der Waals surface area (Å²) >= 11 is 6.15. The van der Waals surface area contributed by atoms with E-state index in [9.17, 15) is 4.79 Å². The van der Waals surface area contributed by atoms with Gasteiger partial charge in [-0.05, 0) is 42.7 Å². The van der Waals surface area contributed by atoms with Crippen LogP contribution < -0.4 is 10.6 Å². The number of hydrogen-bond acceptors (Lipinski definition) is 2. The molecule has 0 spiro atoms. The number of nitrogens with one attached hydrogen (secondary N) is 2. The summed E-state index contributed by atoms with van der Waals surface area (Å²) in [6.45, 7) is 4.33. The number of halogens is 1. The van der Waals surface area contributed by atoms with Crippen LogP contribution >= 0.6 is 11.6 Å². The summed E-state index contributed by atoms with van der Waals surface area (Å²) < 4.78 is 0. The van der Waals surface area contributed by atoms with E-state index < -0.39 is 0 Å². The molecule has 22 heavy (non-hydrogen) atoms. The van der Waals surface area contributed by atoms with Gasteiger partial charge in [0.2, 0.25) is 5.91 Å². The van der Waals surface area contributed by atoms with E-state index >= 15 is 0 Å². The van der Waals surface area contributed by atoms with E-state index in [1.807, 2.05) is 55.5 Å². The number of aryl methyl sites for hydroxylation is 1. The second-order valence-electron chi connectivity index (χ2n) is 5.22. The third-order valence-corrected chi connectivity index (χ3v) is 3.93. The fourth-order valence-corrected chi connectivity index (χ4v) is 2.51. The van der Waals surface area contributed by atoms with Crippen LogP contribution in [0.4, 0.5) is 5.69 Å². The second kappa shape index (κ2) is 7.97. The van der Waals surface area contributed by atoms with E-state index in [0.717, 1.165) is 17.7 Å². The number of benzene rings is 2. The van der Waals surface area contributed by atoms with Gasteiger partial charge in [-0.15, -0.1) is 0 Å². The van der Waals surface area contributed by atoms with Crippen molar-refractivity contribution in [2.45, 2.75) is 26.3 Å². The summed E-state index contributed by atoms with van der Waals surface area (Å²) in [7, 11) is 0. The zero-order chi connectivity index (χ0) is 15.9. The van der Waals surface area contributed by atoms with Crippen molar-refractivity contribution in [3.63, 3.8) is 0 Å². The fourth-order valence-electron chi connectivity index (χ4n) is 2.21. The maximum absolute atomic E-state index is 12.0. The lowest BCUT2D eigenvalue weighted by Gasteiger charge is -2.15. The monoisotopic (exact) mass is 316 g/mol. The van der Waals surface area contributed by atoms with Crippen molar-refractivity contribution in [3.8, 4) is 0 Å². The smallest absolute Gasteiger partial charge is 0.238 e. The molecule has 0 unspecified atom stereocenters. The molecule has 116 valence electrons. The van der Waals surface area contributed by atoms with Gasteiger partial charge in [-0.2, -0.15) is 0 Å². The molecule has 4 heteroatoms. The first-order valence-electron chi connectivity index (χ1n) is 7.46.